The van der Waals surface area contributed by atoms with Crippen molar-refractivity contribution in [3.8, 4) is 0 Å². The molecular weight excluding hydrogens is 136 g/mol. The third-order valence-electron chi connectivity index (χ3n) is 1.51. The molecule has 0 aromatic rings. The Morgan fingerprint density at radius 1 is 1.64 bits per heavy atom. The van der Waals surface area contributed by atoms with Gasteiger partial charge >= 0.3 is 0 Å². The lowest BCUT2D eigenvalue weighted by atomic mass is 10.1. The van der Waals surface area contributed by atoms with E-state index < -0.39 is 0 Å². The molecule has 1 rings (SSSR count). The van der Waals surface area contributed by atoms with Gasteiger partial charge in [0.15, 0.2) is 0 Å². The average molecular weight is 148 g/mol. The van der Waals surface area contributed by atoms with Crippen LogP contribution in [0.4, 0.5) is 0 Å². The fraction of sp³-hybridized carbons (Fsp3) is 0.222. The van der Waals surface area contributed by atoms with Gasteiger partial charge in [0.1, 0.15) is 0 Å². The zero-order valence-corrected chi connectivity index (χ0v) is 6.89. The lowest BCUT2D eigenvalue weighted by molar-refractivity contribution is 1.02. The van der Waals surface area contributed by atoms with Gasteiger partial charge in [-0.2, -0.15) is 0 Å². The molecule has 1 aliphatic heterocycles. The molecule has 2 nitrogen and oxygen atoms in total. The smallest absolute Gasteiger partial charge is 0.0883 e. The van der Waals surface area contributed by atoms with Crippen molar-refractivity contribution >= 4 is 6.21 Å². The molecule has 0 aromatic carbocycles. The van der Waals surface area contributed by atoms with E-state index in [4.69, 9.17) is 0 Å². The molecule has 0 saturated carbocycles. The lowest BCUT2D eigenvalue weighted by Gasteiger charge is -2.12. The van der Waals surface area contributed by atoms with Crippen LogP contribution in [0.2, 0.25) is 0 Å². The average Bonchev–Trinajstić information content (AvgIpc) is 1.97. The summed E-state index contributed by atoms with van der Waals surface area (Å²) in [5.74, 6) is 0. The molecule has 0 atom stereocenters. The Hall–Kier alpha value is -1.31. The number of rotatable bonds is 1. The predicted octanol–water partition coefficient (Wildman–Crippen LogP) is 1.98. The number of nitrogens with one attached hydrogen (secondary N) is 1. The molecular formula is C9H12N2. The summed E-state index contributed by atoms with van der Waals surface area (Å²) >= 11 is 0. The summed E-state index contributed by atoms with van der Waals surface area (Å²) in [4.78, 5) is 4.19. The van der Waals surface area contributed by atoms with E-state index in [1.807, 2.05) is 26.1 Å². The van der Waals surface area contributed by atoms with Gasteiger partial charge in [0.05, 0.1) is 11.4 Å². The number of nitrogens with zero attached hydrogens (tertiary/aromatic N) is 1. The highest BCUT2D eigenvalue weighted by atomic mass is 14.9. The largest absolute Gasteiger partial charge is 0.360 e. The maximum Gasteiger partial charge on any atom is 0.0883 e. The molecule has 1 aliphatic rings. The van der Waals surface area contributed by atoms with E-state index in [0.29, 0.717) is 0 Å². The van der Waals surface area contributed by atoms with Crippen LogP contribution in [-0.4, -0.2) is 6.21 Å². The van der Waals surface area contributed by atoms with Crippen LogP contribution in [0, 0.1) is 0 Å². The first kappa shape index (κ1) is 7.79. The SMILES string of the molecule is C=C1NC=CC(C)=C1N=CC. The highest BCUT2D eigenvalue weighted by Gasteiger charge is 2.05. The quantitative estimate of drug-likeness (QED) is 0.565. The molecule has 0 spiro atoms. The summed E-state index contributed by atoms with van der Waals surface area (Å²) < 4.78 is 0. The molecule has 0 unspecified atom stereocenters. The van der Waals surface area contributed by atoms with E-state index in [2.05, 4.69) is 16.9 Å². The van der Waals surface area contributed by atoms with E-state index in [0.717, 1.165) is 17.0 Å². The summed E-state index contributed by atoms with van der Waals surface area (Å²) in [6, 6.07) is 0. The topological polar surface area (TPSA) is 24.4 Å². The maximum absolute atomic E-state index is 4.19. The van der Waals surface area contributed by atoms with Gasteiger partial charge in [0.25, 0.3) is 0 Å². The molecule has 1 heterocycles. The highest BCUT2D eigenvalue weighted by Crippen LogP contribution is 2.16. The molecule has 1 N–H and O–H groups in total. The molecule has 0 aliphatic carbocycles. The minimum absolute atomic E-state index is 0.864. The Balaban J connectivity index is 3.01. The number of hydrogen-bond acceptors (Lipinski definition) is 2. The van der Waals surface area contributed by atoms with Crippen LogP contribution in [0.5, 0.6) is 0 Å². The normalized spacial score (nSPS) is 17.8. The maximum atomic E-state index is 4.19. The van der Waals surface area contributed by atoms with Gasteiger partial charge in [0, 0.05) is 12.4 Å². The van der Waals surface area contributed by atoms with Crippen LogP contribution in [0.3, 0.4) is 0 Å². The second-order valence-electron chi connectivity index (χ2n) is 2.38. The van der Waals surface area contributed by atoms with Gasteiger partial charge in [-0.3, -0.25) is 4.99 Å². The van der Waals surface area contributed by atoms with Crippen LogP contribution < -0.4 is 5.32 Å². The Morgan fingerprint density at radius 3 is 2.91 bits per heavy atom. The van der Waals surface area contributed by atoms with Gasteiger partial charge < -0.3 is 5.32 Å². The molecule has 2 heteroatoms. The van der Waals surface area contributed by atoms with Crippen molar-refractivity contribution in [1.29, 1.82) is 0 Å². The minimum Gasteiger partial charge on any atom is -0.360 e. The third kappa shape index (κ3) is 1.58. The van der Waals surface area contributed by atoms with Crippen LogP contribution >= 0.6 is 0 Å². The molecule has 0 bridgehead atoms. The molecule has 0 radical (unpaired) electrons. The van der Waals surface area contributed by atoms with Crippen molar-refractivity contribution < 1.29 is 0 Å². The Bertz CT molecular complexity index is 257. The fourth-order valence-electron chi connectivity index (χ4n) is 0.961. The Kier molecular flexibility index (Phi) is 2.26. The van der Waals surface area contributed by atoms with Crippen molar-refractivity contribution in [1.82, 2.24) is 5.32 Å². The summed E-state index contributed by atoms with van der Waals surface area (Å²) in [7, 11) is 0. The first-order valence-corrected chi connectivity index (χ1v) is 3.57. The van der Waals surface area contributed by atoms with Crippen LogP contribution in [0.15, 0.2) is 40.8 Å². The van der Waals surface area contributed by atoms with E-state index in [1.165, 1.54) is 0 Å². The first-order valence-electron chi connectivity index (χ1n) is 3.57. The highest BCUT2D eigenvalue weighted by molar-refractivity contribution is 5.58. The van der Waals surface area contributed by atoms with Crippen molar-refractivity contribution in [3.05, 3.63) is 35.8 Å². The molecule has 11 heavy (non-hydrogen) atoms. The Labute approximate surface area is 67.0 Å². The standard InChI is InChI=1S/C9H12N2/c1-4-10-9-7(2)5-6-11-8(9)3/h4-6,11H,3H2,1-2H3. The predicted molar refractivity (Wildman–Crippen MR) is 48.3 cm³/mol. The van der Waals surface area contributed by atoms with E-state index in [-0.39, 0.29) is 0 Å². The zero-order chi connectivity index (χ0) is 8.27. The number of hydrogen-bond donors (Lipinski definition) is 1. The van der Waals surface area contributed by atoms with Gasteiger partial charge in [-0.05, 0) is 25.5 Å². The van der Waals surface area contributed by atoms with Crippen LogP contribution in [0.25, 0.3) is 0 Å². The number of dihydropyridines is 1. The summed E-state index contributed by atoms with van der Waals surface area (Å²) in [5.41, 5.74) is 2.95. The van der Waals surface area contributed by atoms with Crippen molar-refractivity contribution in [2.45, 2.75) is 13.8 Å². The van der Waals surface area contributed by atoms with E-state index >= 15 is 0 Å². The molecule has 0 fully saturated rings. The van der Waals surface area contributed by atoms with E-state index in [1.54, 1.807) is 6.21 Å². The second-order valence-corrected chi connectivity index (χ2v) is 2.38. The monoisotopic (exact) mass is 148 g/mol. The third-order valence-corrected chi connectivity index (χ3v) is 1.51. The first-order chi connectivity index (χ1) is 5.25. The van der Waals surface area contributed by atoms with Crippen molar-refractivity contribution in [2.75, 3.05) is 0 Å². The molecule has 0 saturated heterocycles. The van der Waals surface area contributed by atoms with Crippen molar-refractivity contribution in [3.63, 3.8) is 0 Å². The zero-order valence-electron chi connectivity index (χ0n) is 6.89. The Morgan fingerprint density at radius 2 is 2.36 bits per heavy atom. The van der Waals surface area contributed by atoms with Gasteiger partial charge in [-0.1, -0.05) is 6.58 Å². The summed E-state index contributed by atoms with van der Waals surface area (Å²) in [6.07, 6.45) is 5.62. The van der Waals surface area contributed by atoms with Gasteiger partial charge in [-0.25, -0.2) is 0 Å². The van der Waals surface area contributed by atoms with Crippen LogP contribution in [0.1, 0.15) is 13.8 Å². The molecule has 0 aromatic heterocycles. The molecule has 58 valence electrons. The van der Waals surface area contributed by atoms with Crippen LogP contribution in [-0.2, 0) is 0 Å². The van der Waals surface area contributed by atoms with E-state index in [9.17, 15) is 0 Å². The summed E-state index contributed by atoms with van der Waals surface area (Å²) in [5, 5.41) is 3.00. The number of allylic oxidation sites excluding steroid dienone is 2. The van der Waals surface area contributed by atoms with Crippen molar-refractivity contribution in [2.24, 2.45) is 4.99 Å². The second kappa shape index (κ2) is 3.19. The van der Waals surface area contributed by atoms with Gasteiger partial charge in [-0.15, -0.1) is 0 Å². The van der Waals surface area contributed by atoms with Gasteiger partial charge in [0.2, 0.25) is 0 Å². The molecule has 0 amide bonds. The lowest BCUT2D eigenvalue weighted by Crippen LogP contribution is -2.10. The fourth-order valence-corrected chi connectivity index (χ4v) is 0.961. The number of aliphatic imine (C=N–C) groups is 1. The minimum atomic E-state index is 0.864. The summed E-state index contributed by atoms with van der Waals surface area (Å²) in [6.45, 7) is 7.74.